The van der Waals surface area contributed by atoms with Crippen LogP contribution in [0.4, 0.5) is 0 Å². The van der Waals surface area contributed by atoms with Gasteiger partial charge in [0.2, 0.25) is 0 Å². The second kappa shape index (κ2) is 4.75. The maximum atomic E-state index is 11.5. The molecule has 2 aromatic carbocycles. The average Bonchev–Trinajstić information content (AvgIpc) is 2.74. The Balaban J connectivity index is 1.86. The normalized spacial score (nSPS) is 12.8. The molecule has 2 N–H and O–H groups in total. The summed E-state index contributed by atoms with van der Waals surface area (Å²) in [6, 6.07) is 10.4. The monoisotopic (exact) mass is 283 g/mol. The number of benzene rings is 2. The summed E-state index contributed by atoms with van der Waals surface area (Å²) >= 11 is 0. The van der Waals surface area contributed by atoms with E-state index in [0.717, 1.165) is 0 Å². The minimum atomic E-state index is -1.02. The highest BCUT2D eigenvalue weighted by Gasteiger charge is 2.26. The van der Waals surface area contributed by atoms with Gasteiger partial charge in [-0.05, 0) is 42.5 Å². The molecule has 0 radical (unpaired) electrons. The highest BCUT2D eigenvalue weighted by molar-refractivity contribution is 6.21. The molecular weight excluding hydrogens is 274 g/mol. The quantitative estimate of drug-likeness (QED) is 0.841. The van der Waals surface area contributed by atoms with Crippen molar-refractivity contribution in [2.24, 2.45) is 0 Å². The van der Waals surface area contributed by atoms with Crippen molar-refractivity contribution in [1.29, 1.82) is 0 Å². The van der Waals surface area contributed by atoms with E-state index in [1.165, 1.54) is 36.4 Å². The van der Waals surface area contributed by atoms with Crippen LogP contribution >= 0.6 is 0 Å². The second-order valence-electron chi connectivity index (χ2n) is 4.42. The number of carboxylic acid groups (broad SMARTS) is 1. The molecule has 1 aliphatic heterocycles. The molecule has 6 heteroatoms. The molecule has 6 nitrogen and oxygen atoms in total. The summed E-state index contributed by atoms with van der Waals surface area (Å²) in [7, 11) is 0. The van der Waals surface area contributed by atoms with Crippen molar-refractivity contribution < 1.29 is 24.2 Å². The Labute approximate surface area is 119 Å². The van der Waals surface area contributed by atoms with E-state index in [1.54, 1.807) is 6.07 Å². The Morgan fingerprint density at radius 3 is 2.19 bits per heavy atom. The number of hydrogen-bond donors (Lipinski definition) is 2. The summed E-state index contributed by atoms with van der Waals surface area (Å²) < 4.78 is 5.54. The zero-order valence-corrected chi connectivity index (χ0v) is 10.6. The van der Waals surface area contributed by atoms with Gasteiger partial charge in [-0.15, -0.1) is 0 Å². The van der Waals surface area contributed by atoms with E-state index in [4.69, 9.17) is 9.84 Å². The number of hydrogen-bond acceptors (Lipinski definition) is 4. The zero-order valence-electron chi connectivity index (χ0n) is 10.6. The van der Waals surface area contributed by atoms with Crippen molar-refractivity contribution in [3.05, 3.63) is 59.2 Å². The van der Waals surface area contributed by atoms with E-state index in [9.17, 15) is 14.4 Å². The molecule has 0 fully saturated rings. The molecule has 0 saturated carbocycles. The lowest BCUT2D eigenvalue weighted by molar-refractivity contribution is 0.0696. The number of rotatable bonds is 3. The summed E-state index contributed by atoms with van der Waals surface area (Å²) in [4.78, 5) is 33.7. The molecule has 0 aliphatic carbocycles. The first kappa shape index (κ1) is 12.9. The van der Waals surface area contributed by atoms with Crippen LogP contribution in [0.2, 0.25) is 0 Å². The van der Waals surface area contributed by atoms with Gasteiger partial charge in [-0.2, -0.15) is 0 Å². The van der Waals surface area contributed by atoms with Crippen molar-refractivity contribution >= 4 is 17.8 Å². The fraction of sp³-hybridized carbons (Fsp3) is 0. The first-order chi connectivity index (χ1) is 10.0. The van der Waals surface area contributed by atoms with Gasteiger partial charge >= 0.3 is 5.97 Å². The van der Waals surface area contributed by atoms with E-state index >= 15 is 0 Å². The summed E-state index contributed by atoms with van der Waals surface area (Å²) in [6.07, 6.45) is 0. The standard InChI is InChI=1S/C15H9NO5/c17-13-11-6-5-10(7-12(11)14(18)16-13)21-9-3-1-8(2-4-9)15(19)20/h1-7H,(H,19,20)(H,16,17,18). The molecule has 3 rings (SSSR count). The van der Waals surface area contributed by atoms with Crippen LogP contribution in [0.15, 0.2) is 42.5 Å². The van der Waals surface area contributed by atoms with Gasteiger partial charge in [0.15, 0.2) is 0 Å². The number of amides is 2. The van der Waals surface area contributed by atoms with Gasteiger partial charge in [0, 0.05) is 0 Å². The lowest BCUT2D eigenvalue weighted by Crippen LogP contribution is -2.19. The molecule has 21 heavy (non-hydrogen) atoms. The van der Waals surface area contributed by atoms with Crippen LogP contribution < -0.4 is 10.1 Å². The number of nitrogens with one attached hydrogen (secondary N) is 1. The van der Waals surface area contributed by atoms with Crippen LogP contribution in [0.1, 0.15) is 31.1 Å². The van der Waals surface area contributed by atoms with Crippen molar-refractivity contribution in [1.82, 2.24) is 5.32 Å². The predicted octanol–water partition coefficient (Wildman–Crippen LogP) is 2.06. The molecule has 0 bridgehead atoms. The van der Waals surface area contributed by atoms with Crippen molar-refractivity contribution in [2.45, 2.75) is 0 Å². The number of aromatic carboxylic acids is 1. The van der Waals surface area contributed by atoms with Gasteiger partial charge in [-0.25, -0.2) is 4.79 Å². The van der Waals surface area contributed by atoms with Gasteiger partial charge in [0.25, 0.3) is 11.8 Å². The number of ether oxygens (including phenoxy) is 1. The summed E-state index contributed by atoms with van der Waals surface area (Å²) in [5.74, 6) is -1.07. The van der Waals surface area contributed by atoms with Crippen molar-refractivity contribution in [3.8, 4) is 11.5 Å². The lowest BCUT2D eigenvalue weighted by atomic mass is 10.1. The Bertz CT molecular complexity index is 764. The van der Waals surface area contributed by atoms with Crippen LogP contribution in [0.3, 0.4) is 0 Å². The van der Waals surface area contributed by atoms with Gasteiger partial charge in [-0.3, -0.25) is 14.9 Å². The Morgan fingerprint density at radius 1 is 0.905 bits per heavy atom. The Morgan fingerprint density at radius 2 is 1.52 bits per heavy atom. The van der Waals surface area contributed by atoms with E-state index in [1.807, 2.05) is 0 Å². The van der Waals surface area contributed by atoms with Crippen LogP contribution in [0.25, 0.3) is 0 Å². The van der Waals surface area contributed by atoms with E-state index in [-0.39, 0.29) is 11.1 Å². The van der Waals surface area contributed by atoms with Gasteiger partial charge in [0.1, 0.15) is 11.5 Å². The summed E-state index contributed by atoms with van der Waals surface area (Å²) in [5, 5.41) is 11.0. The molecule has 1 heterocycles. The van der Waals surface area contributed by atoms with Crippen LogP contribution in [-0.4, -0.2) is 22.9 Å². The largest absolute Gasteiger partial charge is 0.478 e. The van der Waals surface area contributed by atoms with Gasteiger partial charge < -0.3 is 9.84 Å². The van der Waals surface area contributed by atoms with Crippen LogP contribution in [0.5, 0.6) is 11.5 Å². The maximum Gasteiger partial charge on any atom is 0.335 e. The molecule has 0 spiro atoms. The van der Waals surface area contributed by atoms with E-state index in [0.29, 0.717) is 17.1 Å². The zero-order chi connectivity index (χ0) is 15.0. The number of carbonyl (C=O) groups excluding carboxylic acids is 2. The number of fused-ring (bicyclic) bond motifs is 1. The molecule has 0 unspecified atom stereocenters. The fourth-order valence-electron chi connectivity index (χ4n) is 2.01. The predicted molar refractivity (Wildman–Crippen MR) is 71.7 cm³/mol. The lowest BCUT2D eigenvalue weighted by Gasteiger charge is -2.06. The van der Waals surface area contributed by atoms with Gasteiger partial charge in [0.05, 0.1) is 16.7 Å². The molecule has 0 atom stereocenters. The third-order valence-electron chi connectivity index (χ3n) is 3.04. The summed E-state index contributed by atoms with van der Waals surface area (Å²) in [5.41, 5.74) is 0.731. The van der Waals surface area contributed by atoms with Crippen LogP contribution in [0, 0.1) is 0 Å². The molecule has 1 aliphatic rings. The van der Waals surface area contributed by atoms with E-state index in [2.05, 4.69) is 5.32 Å². The van der Waals surface area contributed by atoms with Crippen molar-refractivity contribution in [2.75, 3.05) is 0 Å². The number of carbonyl (C=O) groups is 3. The Kier molecular flexibility index (Phi) is 2.91. The fourth-order valence-corrected chi connectivity index (χ4v) is 2.01. The maximum absolute atomic E-state index is 11.5. The summed E-state index contributed by atoms with van der Waals surface area (Å²) in [6.45, 7) is 0. The minimum absolute atomic E-state index is 0.154. The smallest absolute Gasteiger partial charge is 0.335 e. The van der Waals surface area contributed by atoms with Gasteiger partial charge in [-0.1, -0.05) is 0 Å². The topological polar surface area (TPSA) is 92.7 Å². The number of carboxylic acids is 1. The molecule has 0 aromatic heterocycles. The first-order valence-corrected chi connectivity index (χ1v) is 6.05. The highest BCUT2D eigenvalue weighted by Crippen LogP contribution is 2.26. The SMILES string of the molecule is O=C(O)c1ccc(Oc2ccc3c(c2)C(=O)NC3=O)cc1. The Hall–Kier alpha value is -3.15. The molecular formula is C15H9NO5. The molecule has 2 aromatic rings. The van der Waals surface area contributed by atoms with E-state index < -0.39 is 17.8 Å². The highest BCUT2D eigenvalue weighted by atomic mass is 16.5. The number of imide groups is 1. The first-order valence-electron chi connectivity index (χ1n) is 6.05. The van der Waals surface area contributed by atoms with Crippen LogP contribution in [-0.2, 0) is 0 Å². The molecule has 0 saturated heterocycles. The third-order valence-corrected chi connectivity index (χ3v) is 3.04. The average molecular weight is 283 g/mol. The van der Waals surface area contributed by atoms with Crippen molar-refractivity contribution in [3.63, 3.8) is 0 Å². The second-order valence-corrected chi connectivity index (χ2v) is 4.42. The molecule has 104 valence electrons. The minimum Gasteiger partial charge on any atom is -0.478 e. The molecule has 2 amide bonds. The third kappa shape index (κ3) is 2.34.